The smallest absolute Gasteiger partial charge is 0.238 e. The molecule has 632 valence electrons. The van der Waals surface area contributed by atoms with Gasteiger partial charge in [-0.1, -0.05) is 0 Å². The van der Waals surface area contributed by atoms with E-state index in [0.29, 0.717) is 0 Å². The normalized spacial score (nSPS) is 43.0. The van der Waals surface area contributed by atoms with Gasteiger partial charge in [-0.05, 0) is 14.0 Å². The lowest BCUT2D eigenvalue weighted by Gasteiger charge is -2.50. The van der Waals surface area contributed by atoms with E-state index in [4.69, 9.17) is 81.5 Å². The molecule has 0 radical (unpaired) electrons. The van der Waals surface area contributed by atoms with E-state index in [2.05, 4.69) is 28.6 Å². The number of carbonyl (C=O) groups excluding carboxylic acids is 4. The summed E-state index contributed by atoms with van der Waals surface area (Å²) in [6.07, 6.45) is -72.1. The van der Waals surface area contributed by atoms with Gasteiger partial charge in [0.25, 0.3) is 0 Å². The van der Waals surface area contributed by atoms with Gasteiger partial charge in [0, 0.05) is 67.7 Å². The maximum absolute atomic E-state index is 13.7. The molecule has 2 amide bonds. The van der Waals surface area contributed by atoms with E-state index in [1.807, 2.05) is 0 Å². The lowest BCUT2D eigenvalue weighted by molar-refractivity contribution is -0.395. The van der Waals surface area contributed by atoms with Gasteiger partial charge in [0.1, 0.15) is 170 Å². The number of nitrogens with two attached hydrogens (primary N) is 1. The van der Waals surface area contributed by atoms with Crippen LogP contribution in [0, 0.1) is 5.92 Å². The van der Waals surface area contributed by atoms with Crippen molar-refractivity contribution in [2.45, 2.75) is 247 Å². The third-order valence-corrected chi connectivity index (χ3v) is 22.0. The highest BCUT2D eigenvalue weighted by Crippen LogP contribution is 2.40. The predicted molar refractivity (Wildman–Crippen MR) is 365 cm³/mol. The largest absolute Gasteiger partial charge is 0.394 e. The van der Waals surface area contributed by atoms with Crippen LogP contribution in [0.3, 0.4) is 0 Å². The predicted octanol–water partition coefficient (Wildman–Crippen LogP) is -14.1. The number of ketones is 2. The van der Waals surface area contributed by atoms with Crippen LogP contribution in [0.2, 0.25) is 0 Å². The molecule has 0 saturated carbocycles. The van der Waals surface area contributed by atoms with Gasteiger partial charge in [0.05, 0.1) is 83.6 Å². The minimum absolute atomic E-state index is 0.0261. The third-order valence-electron chi connectivity index (χ3n) is 19.5. The third kappa shape index (κ3) is 23.4. The first-order chi connectivity index (χ1) is 52.1. The summed E-state index contributed by atoms with van der Waals surface area (Å²) in [4.78, 5) is 51.3. The van der Waals surface area contributed by atoms with Crippen molar-refractivity contribution in [1.29, 1.82) is 0 Å². The number of hydrogen-bond donors (Lipinski definition) is 24. The van der Waals surface area contributed by atoms with Crippen LogP contribution in [0.4, 0.5) is 0 Å². The summed E-state index contributed by atoms with van der Waals surface area (Å²) >= 11 is 6.09. The van der Waals surface area contributed by atoms with E-state index in [0.717, 1.165) is 23.5 Å². The van der Waals surface area contributed by atoms with Crippen molar-refractivity contribution in [3.63, 3.8) is 0 Å². The SMILES string of the molecule is CN[C@H](CSCC1OC2O[C@@H]3C(CO)O[C@H](O[C@@H]4C(CO)O[C@H](O[C@@H]5C(CO)O[C@@H](O[C@@H]6C(CSC[C@@H](CC(=O)CCOCCOCCC(C)=O)C(=O)NCCS)O[C@H](O[C@@H]7C(CO)O[C@@H](O[C@@H]8C(CO)O[C@@H](O[C@H]1[C@H](O)C2O)C(O)[C@H]8O)C(O)[C@H]7O)C(O)[C@H]6O)C(O)[C@H]5O)C(O)[C@H]4O)C(O)[C@H]3O)C(=O)NCCN. The molecule has 21 aliphatic heterocycles. The van der Waals surface area contributed by atoms with Gasteiger partial charge in [0.2, 0.25) is 11.8 Å². The lowest BCUT2D eigenvalue weighted by atomic mass is 9.95. The van der Waals surface area contributed by atoms with Crippen molar-refractivity contribution in [2.75, 3.05) is 115 Å². The summed E-state index contributed by atoms with van der Waals surface area (Å²) in [5.41, 5.74) is 5.58. The number of amides is 2. The summed E-state index contributed by atoms with van der Waals surface area (Å²) < 4.78 is 94.5. The molecule has 0 aromatic heterocycles. The van der Waals surface area contributed by atoms with Crippen LogP contribution < -0.4 is 21.7 Å². The molecule has 14 bridgehead atoms. The van der Waals surface area contributed by atoms with E-state index >= 15 is 0 Å². The van der Waals surface area contributed by atoms with Crippen LogP contribution in [0.5, 0.6) is 0 Å². The first-order valence-electron chi connectivity index (χ1n) is 35.7. The molecule has 0 aromatic rings. The number of thioether (sulfide) groups is 2. The molecule has 0 aliphatic carbocycles. The fraction of sp³-hybridized carbons (Fsp3) is 0.937. The van der Waals surface area contributed by atoms with Crippen LogP contribution in [-0.4, -0.2) is 456 Å². The van der Waals surface area contributed by atoms with Gasteiger partial charge in [-0.15, -0.1) is 0 Å². The van der Waals surface area contributed by atoms with E-state index in [9.17, 15) is 116 Å². The van der Waals surface area contributed by atoms with Gasteiger partial charge in [-0.25, -0.2) is 0 Å². The van der Waals surface area contributed by atoms with E-state index < -0.39 is 283 Å². The first kappa shape index (κ1) is 92.4. The molecule has 21 fully saturated rings. The Morgan fingerprint density at radius 2 is 0.679 bits per heavy atom. The zero-order chi connectivity index (χ0) is 79.7. The number of aliphatic hydroxyl groups excluding tert-OH is 19. The number of rotatable bonds is 31. The van der Waals surface area contributed by atoms with Crippen molar-refractivity contribution in [3.05, 3.63) is 0 Å². The van der Waals surface area contributed by atoms with Crippen molar-refractivity contribution < 1.29 is 192 Å². The van der Waals surface area contributed by atoms with Gasteiger partial charge < -0.3 is 194 Å². The maximum atomic E-state index is 13.7. The highest BCUT2D eigenvalue weighted by molar-refractivity contribution is 7.99. The number of aliphatic hydroxyl groups is 19. The van der Waals surface area contributed by atoms with E-state index in [1.54, 1.807) is 0 Å². The van der Waals surface area contributed by atoms with Gasteiger partial charge in [0.15, 0.2) is 44.0 Å². The highest BCUT2D eigenvalue weighted by Gasteiger charge is 2.60. The Labute approximate surface area is 638 Å². The number of carbonyl (C=O) groups is 4. The number of thiol groups is 1. The first-order valence-corrected chi connectivity index (χ1v) is 38.6. The van der Waals surface area contributed by atoms with Gasteiger partial charge in [-0.3, -0.25) is 19.2 Å². The van der Waals surface area contributed by atoms with Crippen molar-refractivity contribution in [1.82, 2.24) is 16.0 Å². The van der Waals surface area contributed by atoms with E-state index in [1.165, 1.54) is 14.0 Å². The minimum Gasteiger partial charge on any atom is -0.394 e. The van der Waals surface area contributed by atoms with Crippen LogP contribution in [0.25, 0.3) is 0 Å². The fourth-order valence-electron chi connectivity index (χ4n) is 13.3. The second-order valence-corrected chi connectivity index (χ2v) is 29.8. The molecular formula is C63H108N4O39S3. The molecule has 0 spiro atoms. The Morgan fingerprint density at radius 1 is 0.394 bits per heavy atom. The van der Waals surface area contributed by atoms with Crippen molar-refractivity contribution in [2.24, 2.45) is 11.7 Å². The summed E-state index contributed by atoms with van der Waals surface area (Å²) in [5.74, 6) is -3.25. The van der Waals surface area contributed by atoms with Gasteiger partial charge >= 0.3 is 0 Å². The van der Waals surface area contributed by atoms with Crippen molar-refractivity contribution in [3.8, 4) is 0 Å². The molecule has 21 heterocycles. The molecule has 21 rings (SSSR count). The summed E-state index contributed by atoms with van der Waals surface area (Å²) in [5, 5.41) is 227. The number of Topliss-reactive ketones (excluding diaryl/α,β-unsaturated/α-hetero) is 2. The van der Waals surface area contributed by atoms with Crippen LogP contribution in [-0.2, 0) is 95.0 Å². The zero-order valence-electron chi connectivity index (χ0n) is 59.5. The second kappa shape index (κ2) is 44.4. The molecule has 0 aromatic carbocycles. The zero-order valence-corrected chi connectivity index (χ0v) is 62.0. The van der Waals surface area contributed by atoms with Crippen LogP contribution in [0.1, 0.15) is 26.2 Å². The molecule has 24 N–H and O–H groups in total. The Morgan fingerprint density at radius 3 is 0.963 bits per heavy atom. The average Bonchev–Trinajstić information content (AvgIpc) is 0.804. The molecule has 15 unspecified atom stereocenters. The summed E-state index contributed by atoms with van der Waals surface area (Å²) in [7, 11) is 1.49. The number of ether oxygens (including phenoxy) is 16. The maximum Gasteiger partial charge on any atom is 0.238 e. The number of hydrogen-bond acceptors (Lipinski definition) is 44. The topological polar surface area (TPSA) is 662 Å². The number of likely N-dealkylation sites (N-methyl/N-ethyl adjacent to an activating group) is 1. The molecule has 46 heteroatoms. The van der Waals surface area contributed by atoms with Gasteiger partial charge in [-0.2, -0.15) is 36.2 Å². The standard InChI is InChI=1S/C63H108N4O39S3/c1-23(73)3-8-91-10-11-92-9-4-25(74)13-24(55(89)67-7-12-107)19-108-21-32-53-39(80)46(87)62(98-32)103-51-30(17-71)94-59(42(83)35(51)76)102-50-29(16-70)97-61(45(86)38(50)79)106-54-33(22-109-20-26(65-2)56(90)66-6-5-64)99-63(47(88)40(54)81)104-52-31(18-72)95-58(43(84)36(52)77)100-48-27(14-68)93-57(41(82)34(48)75)101-49-28(15-69)96-60(105-53)44(85)37(49)78/h24,26-54,57-63,65,68-72,75-88,107H,3-22,64H2,1-2H3,(H,66,90)(H,67,89)/t24-,26-,27?,28?,29?,30?,31?,32?,33?,34-,35-,36-,37-,38-,39-,40-,41?,42?,43?,44?,45?,46?,47?,48-,49-,50-,51-,52-,53-,54-,57-,58-,59+,60+,61+,62-,63?/m1/s1. The van der Waals surface area contributed by atoms with Crippen molar-refractivity contribution >= 4 is 59.5 Å². The summed E-state index contributed by atoms with van der Waals surface area (Å²) in [6, 6.07) is -0.882. The van der Waals surface area contributed by atoms with E-state index in [-0.39, 0.29) is 94.1 Å². The molecule has 21 aliphatic rings. The quantitative estimate of drug-likeness (QED) is 0.0226. The van der Waals surface area contributed by atoms with Crippen LogP contribution >= 0.6 is 36.2 Å². The fourth-order valence-corrected chi connectivity index (χ4v) is 15.8. The monoisotopic (exact) mass is 1640 g/mol. The molecule has 109 heavy (non-hydrogen) atoms. The molecule has 21 saturated heterocycles. The summed E-state index contributed by atoms with van der Waals surface area (Å²) in [6.45, 7) is -3.37. The highest BCUT2D eigenvalue weighted by atomic mass is 32.2. The Bertz CT molecular complexity index is 2740. The molecular weight excluding hydrogens is 1530 g/mol. The Kier molecular flexibility index (Phi) is 37.6. The minimum atomic E-state index is -2.29. The number of nitrogens with one attached hydrogen (secondary N) is 3. The second-order valence-electron chi connectivity index (χ2n) is 27.2. The lowest BCUT2D eigenvalue weighted by Crippen LogP contribution is -2.68. The Balaban J connectivity index is 1.09. The average molecular weight is 1640 g/mol. The molecule has 37 atom stereocenters. The van der Waals surface area contributed by atoms with Crippen LogP contribution in [0.15, 0.2) is 0 Å². The molecule has 43 nitrogen and oxygen atoms in total. The Hall–Kier alpha value is -2.15.